The minimum Gasteiger partial charge on any atom is -0.462 e. The Balaban J connectivity index is 1.84. The summed E-state index contributed by atoms with van der Waals surface area (Å²) in [4.78, 5) is 24.1. The molecule has 2 aliphatic rings. The molecule has 1 aromatic rings. The van der Waals surface area contributed by atoms with Crippen LogP contribution in [-0.4, -0.2) is 17.7 Å². The monoisotopic (exact) mass is 276 g/mol. The number of carbonyl (C=O) groups excluding carboxylic acids is 2. The van der Waals surface area contributed by atoms with Crippen LogP contribution in [0.5, 0.6) is 0 Å². The van der Waals surface area contributed by atoms with Crippen molar-refractivity contribution in [3.63, 3.8) is 0 Å². The van der Waals surface area contributed by atoms with E-state index in [-0.39, 0.29) is 5.57 Å². The van der Waals surface area contributed by atoms with Crippen LogP contribution < -0.4 is 0 Å². The van der Waals surface area contributed by atoms with Crippen LogP contribution in [0.2, 0.25) is 0 Å². The van der Waals surface area contributed by atoms with Gasteiger partial charge >= 0.3 is 11.9 Å². The third-order valence-corrected chi connectivity index (χ3v) is 3.66. The Kier molecular flexibility index (Phi) is 3.12. The summed E-state index contributed by atoms with van der Waals surface area (Å²) in [5.74, 6) is -1.15. The molecule has 20 heavy (non-hydrogen) atoms. The van der Waals surface area contributed by atoms with Gasteiger partial charge in [-0.1, -0.05) is 6.42 Å². The summed E-state index contributed by atoms with van der Waals surface area (Å²) in [5.41, 5.74) is -0.115. The largest absolute Gasteiger partial charge is 0.462 e. The summed E-state index contributed by atoms with van der Waals surface area (Å²) in [7, 11) is 0. The molecule has 5 heteroatoms. The van der Waals surface area contributed by atoms with Crippen LogP contribution in [0.1, 0.15) is 43.6 Å². The van der Waals surface area contributed by atoms with Gasteiger partial charge in [0.1, 0.15) is 17.1 Å². The molecule has 0 bridgehead atoms. The molecule has 1 aliphatic heterocycles. The van der Waals surface area contributed by atoms with Gasteiger partial charge in [0.25, 0.3) is 5.79 Å². The Hall–Kier alpha value is -2.04. The van der Waals surface area contributed by atoms with Gasteiger partial charge in [-0.3, -0.25) is 0 Å². The van der Waals surface area contributed by atoms with E-state index in [2.05, 4.69) is 0 Å². The molecule has 0 unspecified atom stereocenters. The Morgan fingerprint density at radius 2 is 1.70 bits per heavy atom. The number of aryl methyl sites for hydroxylation is 1. The molecule has 0 atom stereocenters. The lowest BCUT2D eigenvalue weighted by Crippen LogP contribution is -2.47. The maximum absolute atomic E-state index is 12.1. The van der Waals surface area contributed by atoms with E-state index in [0.717, 1.165) is 19.3 Å². The van der Waals surface area contributed by atoms with E-state index in [9.17, 15) is 9.59 Å². The van der Waals surface area contributed by atoms with Gasteiger partial charge < -0.3 is 13.9 Å². The summed E-state index contributed by atoms with van der Waals surface area (Å²) in [6.45, 7) is 1.79. The van der Waals surface area contributed by atoms with Gasteiger partial charge in [0.2, 0.25) is 0 Å². The smallest absolute Gasteiger partial charge is 0.349 e. The maximum Gasteiger partial charge on any atom is 0.349 e. The fraction of sp³-hybridized carbons (Fsp3) is 0.467. The van der Waals surface area contributed by atoms with Gasteiger partial charge in [-0.15, -0.1) is 0 Å². The molecule has 1 saturated carbocycles. The second-order valence-electron chi connectivity index (χ2n) is 5.26. The molecular weight excluding hydrogens is 260 g/mol. The third kappa shape index (κ3) is 2.35. The minimum absolute atomic E-state index is 0.115. The lowest BCUT2D eigenvalue weighted by atomic mass is 9.93. The Labute approximate surface area is 116 Å². The standard InChI is InChI=1S/C15H16O5/c1-10-5-6-11(18-10)9-12-13(16)19-15(20-14(12)17)7-3-2-4-8-15/h5-6,9H,2-4,7-8H2,1H3. The highest BCUT2D eigenvalue weighted by molar-refractivity contribution is 6.18. The molecule has 2 heterocycles. The zero-order chi connectivity index (χ0) is 14.2. The molecule has 1 aromatic heterocycles. The average molecular weight is 276 g/mol. The zero-order valence-electron chi connectivity index (χ0n) is 11.3. The summed E-state index contributed by atoms with van der Waals surface area (Å²) in [5, 5.41) is 0. The average Bonchev–Trinajstić information content (AvgIpc) is 2.81. The molecule has 0 amide bonds. The van der Waals surface area contributed by atoms with E-state index in [4.69, 9.17) is 13.9 Å². The first kappa shape index (κ1) is 13.0. The number of ether oxygens (including phenoxy) is 2. The summed E-state index contributed by atoms with van der Waals surface area (Å²) < 4.78 is 16.1. The van der Waals surface area contributed by atoms with E-state index in [1.54, 1.807) is 19.1 Å². The molecule has 2 fully saturated rings. The van der Waals surface area contributed by atoms with Crippen molar-refractivity contribution in [3.05, 3.63) is 29.2 Å². The van der Waals surface area contributed by atoms with Gasteiger partial charge in [0.05, 0.1) is 0 Å². The molecule has 1 saturated heterocycles. The van der Waals surface area contributed by atoms with E-state index >= 15 is 0 Å². The number of hydrogen-bond donors (Lipinski definition) is 0. The summed E-state index contributed by atoms with van der Waals surface area (Å²) >= 11 is 0. The summed E-state index contributed by atoms with van der Waals surface area (Å²) in [6.07, 6.45) is 5.40. The number of hydrogen-bond acceptors (Lipinski definition) is 5. The van der Waals surface area contributed by atoms with Gasteiger partial charge in [-0.2, -0.15) is 0 Å². The van der Waals surface area contributed by atoms with Crippen molar-refractivity contribution in [2.75, 3.05) is 0 Å². The first-order valence-corrected chi connectivity index (χ1v) is 6.83. The van der Waals surface area contributed by atoms with E-state index in [1.165, 1.54) is 6.08 Å². The van der Waals surface area contributed by atoms with Crippen molar-refractivity contribution in [3.8, 4) is 0 Å². The molecule has 0 radical (unpaired) electrons. The molecule has 0 N–H and O–H groups in total. The molecule has 3 rings (SSSR count). The second kappa shape index (κ2) is 4.81. The second-order valence-corrected chi connectivity index (χ2v) is 5.26. The van der Waals surface area contributed by atoms with Crippen LogP contribution in [-0.2, 0) is 19.1 Å². The minimum atomic E-state index is -1.04. The molecule has 1 spiro atoms. The number of rotatable bonds is 1. The summed E-state index contributed by atoms with van der Waals surface area (Å²) in [6, 6.07) is 3.45. The van der Waals surface area contributed by atoms with Crippen LogP contribution in [0.4, 0.5) is 0 Å². The van der Waals surface area contributed by atoms with Crippen LogP contribution >= 0.6 is 0 Å². The van der Waals surface area contributed by atoms with Crippen molar-refractivity contribution in [2.45, 2.75) is 44.8 Å². The SMILES string of the molecule is Cc1ccc(C=C2C(=O)OC3(CCCCC3)OC2=O)o1. The fourth-order valence-corrected chi connectivity index (χ4v) is 2.64. The van der Waals surface area contributed by atoms with E-state index in [0.29, 0.717) is 24.4 Å². The number of esters is 2. The van der Waals surface area contributed by atoms with Gasteiger partial charge in [0, 0.05) is 18.9 Å². The highest BCUT2D eigenvalue weighted by Gasteiger charge is 2.46. The normalized spacial score (nSPS) is 21.6. The highest BCUT2D eigenvalue weighted by atomic mass is 16.7. The van der Waals surface area contributed by atoms with E-state index in [1.807, 2.05) is 0 Å². The fourth-order valence-electron chi connectivity index (χ4n) is 2.64. The van der Waals surface area contributed by atoms with Crippen molar-refractivity contribution in [2.24, 2.45) is 0 Å². The maximum atomic E-state index is 12.1. The van der Waals surface area contributed by atoms with E-state index < -0.39 is 17.7 Å². The molecule has 0 aromatic carbocycles. The van der Waals surface area contributed by atoms with Crippen LogP contribution in [0.15, 0.2) is 22.1 Å². The molecule has 1 aliphatic carbocycles. The number of carbonyl (C=O) groups is 2. The van der Waals surface area contributed by atoms with Crippen molar-refractivity contribution in [1.29, 1.82) is 0 Å². The molecular formula is C15H16O5. The van der Waals surface area contributed by atoms with Crippen LogP contribution in [0.25, 0.3) is 6.08 Å². The Morgan fingerprint density at radius 1 is 1.05 bits per heavy atom. The van der Waals surface area contributed by atoms with Gasteiger partial charge in [0.15, 0.2) is 0 Å². The van der Waals surface area contributed by atoms with Crippen molar-refractivity contribution >= 4 is 18.0 Å². The van der Waals surface area contributed by atoms with Gasteiger partial charge in [-0.25, -0.2) is 9.59 Å². The first-order valence-electron chi connectivity index (χ1n) is 6.83. The Bertz CT molecular complexity index is 553. The van der Waals surface area contributed by atoms with Crippen LogP contribution in [0, 0.1) is 6.92 Å². The van der Waals surface area contributed by atoms with Gasteiger partial charge in [-0.05, 0) is 31.9 Å². The van der Waals surface area contributed by atoms with Crippen molar-refractivity contribution in [1.82, 2.24) is 0 Å². The highest BCUT2D eigenvalue weighted by Crippen LogP contribution is 2.37. The van der Waals surface area contributed by atoms with Crippen LogP contribution in [0.3, 0.4) is 0 Å². The Morgan fingerprint density at radius 3 is 2.25 bits per heavy atom. The third-order valence-electron chi connectivity index (χ3n) is 3.66. The predicted molar refractivity (Wildman–Crippen MR) is 69.4 cm³/mol. The zero-order valence-corrected chi connectivity index (χ0v) is 11.3. The predicted octanol–water partition coefficient (Wildman–Crippen LogP) is 2.73. The lowest BCUT2D eigenvalue weighted by molar-refractivity contribution is -0.244. The quantitative estimate of drug-likeness (QED) is 0.448. The number of furan rings is 1. The lowest BCUT2D eigenvalue weighted by Gasteiger charge is -2.38. The van der Waals surface area contributed by atoms with Crippen molar-refractivity contribution < 1.29 is 23.5 Å². The molecule has 106 valence electrons. The molecule has 5 nitrogen and oxygen atoms in total. The first-order chi connectivity index (χ1) is 9.58. The topological polar surface area (TPSA) is 65.7 Å².